The fourth-order valence-electron chi connectivity index (χ4n) is 1.16. The van der Waals surface area contributed by atoms with Crippen molar-refractivity contribution < 1.29 is 21.9 Å². The topological polar surface area (TPSA) is 108 Å². The highest BCUT2D eigenvalue weighted by atomic mass is 32.2. The van der Waals surface area contributed by atoms with Gasteiger partial charge in [-0.05, 0) is 0 Å². The third-order valence-corrected chi connectivity index (χ3v) is 2.78. The van der Waals surface area contributed by atoms with Gasteiger partial charge in [-0.15, -0.1) is 0 Å². The molecule has 4 N–H and O–H groups in total. The number of aromatic nitrogens is 1. The molecular formula is C7H9F2N3O3S. The summed E-state index contributed by atoms with van der Waals surface area (Å²) in [4.78, 5) is 2.56. The zero-order chi connectivity index (χ0) is 12.5. The first-order valence-corrected chi connectivity index (χ1v) is 5.47. The average molecular weight is 253 g/mol. The number of nitrogens with zero attached hydrogens (tertiary/aromatic N) is 1. The molecule has 1 aromatic rings. The van der Waals surface area contributed by atoms with Crippen molar-refractivity contribution in [3.05, 3.63) is 11.8 Å². The first kappa shape index (κ1) is 12.6. The van der Waals surface area contributed by atoms with E-state index < -0.39 is 32.7 Å². The molecule has 0 aromatic carbocycles. The Kier molecular flexibility index (Phi) is 3.29. The van der Waals surface area contributed by atoms with Crippen molar-refractivity contribution in [3.8, 4) is 5.75 Å². The zero-order valence-corrected chi connectivity index (χ0v) is 8.96. The van der Waals surface area contributed by atoms with Crippen molar-refractivity contribution in [2.24, 2.45) is 5.14 Å². The molecule has 0 amide bonds. The molecule has 0 fully saturated rings. The Morgan fingerprint density at radius 3 is 2.44 bits per heavy atom. The molecule has 9 heteroatoms. The number of nitrogen functional groups attached to an aromatic ring is 1. The maximum Gasteiger partial charge on any atom is 0.268 e. The summed E-state index contributed by atoms with van der Waals surface area (Å²) < 4.78 is 52.2. The van der Waals surface area contributed by atoms with Gasteiger partial charge < -0.3 is 10.5 Å². The summed E-state index contributed by atoms with van der Waals surface area (Å²) in [6.07, 6.45) is -2.20. The largest absolute Gasteiger partial charge is 0.494 e. The Bertz CT molecular complexity index is 504. The zero-order valence-electron chi connectivity index (χ0n) is 8.15. The number of anilines is 1. The third kappa shape index (κ3) is 2.19. The van der Waals surface area contributed by atoms with Crippen LogP contribution in [0.4, 0.5) is 14.6 Å². The maximum atomic E-state index is 12.6. The molecule has 6 nitrogen and oxygen atoms in total. The second-order valence-electron chi connectivity index (χ2n) is 2.80. The molecule has 0 aliphatic carbocycles. The van der Waals surface area contributed by atoms with E-state index in [1.54, 1.807) is 0 Å². The Morgan fingerprint density at radius 2 is 2.06 bits per heavy atom. The van der Waals surface area contributed by atoms with Gasteiger partial charge in [0.05, 0.1) is 18.9 Å². The Labute approximate surface area is 90.3 Å². The number of ether oxygens (including phenoxy) is 1. The van der Waals surface area contributed by atoms with Crippen LogP contribution in [0.1, 0.15) is 12.0 Å². The summed E-state index contributed by atoms with van der Waals surface area (Å²) in [7, 11) is -3.26. The third-order valence-electron chi connectivity index (χ3n) is 1.79. The predicted octanol–water partition coefficient (Wildman–Crippen LogP) is 0.257. The van der Waals surface area contributed by atoms with Crippen LogP contribution in [0, 0.1) is 0 Å². The van der Waals surface area contributed by atoms with Gasteiger partial charge in [0.25, 0.3) is 6.43 Å². The second-order valence-corrected chi connectivity index (χ2v) is 4.30. The van der Waals surface area contributed by atoms with Gasteiger partial charge in [0.1, 0.15) is 10.7 Å². The normalized spacial score (nSPS) is 11.8. The number of rotatable bonds is 3. The molecule has 0 aliphatic heterocycles. The van der Waals surface area contributed by atoms with Gasteiger partial charge in [-0.1, -0.05) is 0 Å². The Morgan fingerprint density at radius 1 is 1.50 bits per heavy atom. The van der Waals surface area contributed by atoms with Crippen LogP contribution in [0.2, 0.25) is 0 Å². The van der Waals surface area contributed by atoms with Crippen molar-refractivity contribution in [2.75, 3.05) is 12.8 Å². The SMILES string of the molecule is COc1cnc(N)c(C(F)F)c1S(N)(=O)=O. The maximum absolute atomic E-state index is 12.6. The highest BCUT2D eigenvalue weighted by Crippen LogP contribution is 2.35. The number of alkyl halides is 2. The molecule has 90 valence electrons. The van der Waals surface area contributed by atoms with Gasteiger partial charge in [0.15, 0.2) is 5.75 Å². The lowest BCUT2D eigenvalue weighted by Gasteiger charge is -2.12. The van der Waals surface area contributed by atoms with E-state index in [0.717, 1.165) is 13.3 Å². The van der Waals surface area contributed by atoms with E-state index >= 15 is 0 Å². The van der Waals surface area contributed by atoms with E-state index in [1.165, 1.54) is 0 Å². The Balaban J connectivity index is 3.70. The molecule has 0 radical (unpaired) electrons. The van der Waals surface area contributed by atoms with E-state index in [1.807, 2.05) is 0 Å². The van der Waals surface area contributed by atoms with E-state index in [-0.39, 0.29) is 5.75 Å². The van der Waals surface area contributed by atoms with E-state index in [4.69, 9.17) is 10.9 Å². The van der Waals surface area contributed by atoms with Crippen molar-refractivity contribution in [1.82, 2.24) is 4.98 Å². The number of pyridine rings is 1. The van der Waals surface area contributed by atoms with Crippen molar-refractivity contribution in [2.45, 2.75) is 11.3 Å². The lowest BCUT2D eigenvalue weighted by molar-refractivity contribution is 0.147. The van der Waals surface area contributed by atoms with Crippen LogP contribution in [0.25, 0.3) is 0 Å². The van der Waals surface area contributed by atoms with E-state index in [2.05, 4.69) is 9.72 Å². The monoisotopic (exact) mass is 253 g/mol. The molecule has 0 atom stereocenters. The predicted molar refractivity (Wildman–Crippen MR) is 51.5 cm³/mol. The lowest BCUT2D eigenvalue weighted by atomic mass is 10.2. The van der Waals surface area contributed by atoms with Gasteiger partial charge >= 0.3 is 0 Å². The van der Waals surface area contributed by atoms with Crippen LogP contribution in [0.3, 0.4) is 0 Å². The summed E-state index contributed by atoms with van der Waals surface area (Å²) in [5.74, 6) is -0.966. The lowest BCUT2D eigenvalue weighted by Crippen LogP contribution is -2.18. The van der Waals surface area contributed by atoms with Gasteiger partial charge in [0.2, 0.25) is 10.0 Å². The quantitative estimate of drug-likeness (QED) is 0.803. The smallest absolute Gasteiger partial charge is 0.268 e. The summed E-state index contributed by atoms with van der Waals surface area (Å²) in [6.45, 7) is 0. The summed E-state index contributed by atoms with van der Waals surface area (Å²) >= 11 is 0. The number of nitrogens with two attached hydrogens (primary N) is 2. The highest BCUT2D eigenvalue weighted by molar-refractivity contribution is 7.89. The van der Waals surface area contributed by atoms with E-state index in [0.29, 0.717) is 0 Å². The molecule has 0 bridgehead atoms. The van der Waals surface area contributed by atoms with Crippen LogP contribution in [-0.2, 0) is 10.0 Å². The number of hydrogen-bond donors (Lipinski definition) is 2. The van der Waals surface area contributed by atoms with Gasteiger partial charge in [-0.25, -0.2) is 27.3 Å². The van der Waals surface area contributed by atoms with Crippen LogP contribution >= 0.6 is 0 Å². The fraction of sp³-hybridized carbons (Fsp3) is 0.286. The molecule has 1 aromatic heterocycles. The number of sulfonamides is 1. The molecular weight excluding hydrogens is 244 g/mol. The summed E-state index contributed by atoms with van der Waals surface area (Å²) in [5.41, 5.74) is 4.23. The number of methoxy groups -OCH3 is 1. The first-order valence-electron chi connectivity index (χ1n) is 3.92. The average Bonchev–Trinajstić information content (AvgIpc) is 2.15. The second kappa shape index (κ2) is 4.18. The minimum Gasteiger partial charge on any atom is -0.494 e. The fourth-order valence-corrected chi connectivity index (χ4v) is 2.07. The number of halogens is 2. The van der Waals surface area contributed by atoms with Crippen molar-refractivity contribution >= 4 is 15.8 Å². The van der Waals surface area contributed by atoms with Gasteiger partial charge in [-0.3, -0.25) is 0 Å². The molecule has 0 saturated heterocycles. The van der Waals surface area contributed by atoms with E-state index in [9.17, 15) is 17.2 Å². The number of hydrogen-bond acceptors (Lipinski definition) is 5. The molecule has 1 rings (SSSR count). The summed E-state index contributed by atoms with van der Waals surface area (Å²) in [6, 6.07) is 0. The molecule has 0 saturated carbocycles. The summed E-state index contributed by atoms with van der Waals surface area (Å²) in [5, 5.41) is 4.82. The molecule has 16 heavy (non-hydrogen) atoms. The van der Waals surface area contributed by atoms with Crippen molar-refractivity contribution in [1.29, 1.82) is 0 Å². The van der Waals surface area contributed by atoms with Crippen LogP contribution < -0.4 is 15.6 Å². The first-order chi connectivity index (χ1) is 7.29. The minimum absolute atomic E-state index is 0.369. The molecule has 0 spiro atoms. The van der Waals surface area contributed by atoms with Crippen LogP contribution in [0.5, 0.6) is 5.75 Å². The molecule has 1 heterocycles. The standard InChI is InChI=1S/C7H9F2N3O3S/c1-15-3-2-12-7(10)4(6(8)9)5(3)16(11,13)14/h2,6H,1H3,(H2,10,12)(H2,11,13,14). The van der Waals surface area contributed by atoms with Crippen LogP contribution in [0.15, 0.2) is 11.1 Å². The molecule has 0 aliphatic rings. The van der Waals surface area contributed by atoms with Crippen molar-refractivity contribution in [3.63, 3.8) is 0 Å². The van der Waals surface area contributed by atoms with Crippen LogP contribution in [-0.4, -0.2) is 20.5 Å². The van der Waals surface area contributed by atoms with Gasteiger partial charge in [0, 0.05) is 0 Å². The minimum atomic E-state index is -4.37. The van der Waals surface area contributed by atoms with Gasteiger partial charge in [-0.2, -0.15) is 0 Å². The highest BCUT2D eigenvalue weighted by Gasteiger charge is 2.28. The Hall–Kier alpha value is -1.48. The number of primary sulfonamides is 1. The molecule has 0 unspecified atom stereocenters.